The lowest BCUT2D eigenvalue weighted by Crippen LogP contribution is -2.48. The molecule has 0 spiro atoms. The minimum absolute atomic E-state index is 0.00206. The summed E-state index contributed by atoms with van der Waals surface area (Å²) in [6.07, 6.45) is 1.28. The Kier molecular flexibility index (Phi) is 5.65. The molecule has 1 aromatic heterocycles. The van der Waals surface area contributed by atoms with E-state index >= 15 is 0 Å². The number of aromatic nitrogens is 1. The molecule has 0 unspecified atom stereocenters. The molecule has 1 aliphatic rings. The van der Waals surface area contributed by atoms with Crippen LogP contribution in [0.15, 0.2) is 65.3 Å². The first-order valence-corrected chi connectivity index (χ1v) is 9.64. The normalized spacial score (nSPS) is 13.8. The number of carbonyl (C=O) groups excluding carboxylic acids is 2. The standard InChI is InChI=1S/C22H22N4O4/c1-29-18-9-5-8-17(14-18)25-10-12-26(13-11-25)21(28)19-15-30-22(23-19)24-20(27)16-6-3-2-4-7-16/h2-9,14-15H,10-13H2,1H3,(H,23,24,27). The summed E-state index contributed by atoms with van der Waals surface area (Å²) in [4.78, 5) is 33.0. The number of rotatable bonds is 5. The van der Waals surface area contributed by atoms with Crippen molar-refractivity contribution in [3.8, 4) is 5.75 Å². The lowest BCUT2D eigenvalue weighted by molar-refractivity contribution is 0.0740. The number of hydrogen-bond donors (Lipinski definition) is 1. The first kappa shape index (κ1) is 19.5. The van der Waals surface area contributed by atoms with Crippen molar-refractivity contribution in [1.29, 1.82) is 0 Å². The number of carbonyl (C=O) groups is 2. The molecule has 2 heterocycles. The van der Waals surface area contributed by atoms with Crippen LogP contribution in [0.3, 0.4) is 0 Å². The number of piperazine rings is 1. The van der Waals surface area contributed by atoms with Crippen molar-refractivity contribution in [3.63, 3.8) is 0 Å². The Morgan fingerprint density at radius 3 is 2.53 bits per heavy atom. The highest BCUT2D eigenvalue weighted by molar-refractivity contribution is 6.03. The van der Waals surface area contributed by atoms with Crippen LogP contribution < -0.4 is 15.0 Å². The Morgan fingerprint density at radius 2 is 1.80 bits per heavy atom. The predicted molar refractivity (Wildman–Crippen MR) is 112 cm³/mol. The van der Waals surface area contributed by atoms with Gasteiger partial charge >= 0.3 is 6.01 Å². The van der Waals surface area contributed by atoms with E-state index in [1.54, 1.807) is 36.3 Å². The van der Waals surface area contributed by atoms with Crippen LogP contribution in [0.4, 0.5) is 11.7 Å². The average molecular weight is 406 g/mol. The number of ether oxygens (including phenoxy) is 1. The molecular formula is C22H22N4O4. The van der Waals surface area contributed by atoms with E-state index in [1.165, 1.54) is 6.26 Å². The molecule has 8 nitrogen and oxygen atoms in total. The van der Waals surface area contributed by atoms with E-state index < -0.39 is 0 Å². The number of benzene rings is 2. The van der Waals surface area contributed by atoms with Crippen molar-refractivity contribution in [3.05, 3.63) is 72.1 Å². The zero-order valence-electron chi connectivity index (χ0n) is 16.6. The number of oxazole rings is 1. The minimum Gasteiger partial charge on any atom is -0.497 e. The van der Waals surface area contributed by atoms with Gasteiger partial charge in [-0.2, -0.15) is 4.98 Å². The van der Waals surface area contributed by atoms with E-state index in [-0.39, 0.29) is 23.5 Å². The quantitative estimate of drug-likeness (QED) is 0.701. The van der Waals surface area contributed by atoms with Gasteiger partial charge in [0.2, 0.25) is 0 Å². The number of methoxy groups -OCH3 is 1. The van der Waals surface area contributed by atoms with Crippen LogP contribution in [-0.2, 0) is 0 Å². The van der Waals surface area contributed by atoms with Crippen molar-refractivity contribution in [2.75, 3.05) is 43.5 Å². The molecule has 0 bridgehead atoms. The van der Waals surface area contributed by atoms with E-state index in [1.807, 2.05) is 30.3 Å². The Bertz CT molecular complexity index is 1030. The van der Waals surface area contributed by atoms with Crippen LogP contribution in [0.2, 0.25) is 0 Å². The predicted octanol–water partition coefficient (Wildman–Crippen LogP) is 2.90. The van der Waals surface area contributed by atoms with Crippen molar-refractivity contribution in [1.82, 2.24) is 9.88 Å². The van der Waals surface area contributed by atoms with E-state index in [0.29, 0.717) is 31.7 Å². The number of nitrogens with zero attached hydrogens (tertiary/aromatic N) is 3. The monoisotopic (exact) mass is 406 g/mol. The molecule has 30 heavy (non-hydrogen) atoms. The first-order valence-electron chi connectivity index (χ1n) is 9.64. The molecule has 0 saturated carbocycles. The molecule has 2 amide bonds. The summed E-state index contributed by atoms with van der Waals surface area (Å²) in [7, 11) is 1.64. The highest BCUT2D eigenvalue weighted by atomic mass is 16.5. The molecule has 0 aliphatic carbocycles. The number of amides is 2. The van der Waals surface area contributed by atoms with Crippen LogP contribution in [0, 0.1) is 0 Å². The number of anilines is 2. The van der Waals surface area contributed by atoms with E-state index in [9.17, 15) is 9.59 Å². The molecule has 154 valence electrons. The third-order valence-electron chi connectivity index (χ3n) is 4.97. The third kappa shape index (κ3) is 4.27. The summed E-state index contributed by atoms with van der Waals surface area (Å²) in [5.74, 6) is 0.242. The highest BCUT2D eigenvalue weighted by Gasteiger charge is 2.25. The van der Waals surface area contributed by atoms with E-state index in [0.717, 1.165) is 11.4 Å². The summed E-state index contributed by atoms with van der Waals surface area (Å²) >= 11 is 0. The molecule has 1 fully saturated rings. The largest absolute Gasteiger partial charge is 0.497 e. The zero-order chi connectivity index (χ0) is 20.9. The average Bonchev–Trinajstić information content (AvgIpc) is 3.27. The fraction of sp³-hybridized carbons (Fsp3) is 0.227. The fourth-order valence-electron chi connectivity index (χ4n) is 3.33. The molecule has 1 N–H and O–H groups in total. The summed E-state index contributed by atoms with van der Waals surface area (Å²) in [5, 5.41) is 2.57. The second kappa shape index (κ2) is 8.69. The Hall–Kier alpha value is -3.81. The van der Waals surface area contributed by atoms with Gasteiger partial charge in [-0.25, -0.2) is 0 Å². The Labute approximate surface area is 174 Å². The minimum atomic E-state index is -0.344. The Balaban J connectivity index is 1.35. The molecule has 0 radical (unpaired) electrons. The first-order chi connectivity index (χ1) is 14.6. The molecule has 3 aromatic rings. The van der Waals surface area contributed by atoms with Crippen LogP contribution in [-0.4, -0.2) is 55.0 Å². The maximum absolute atomic E-state index is 12.8. The number of hydrogen-bond acceptors (Lipinski definition) is 6. The highest BCUT2D eigenvalue weighted by Crippen LogP contribution is 2.22. The lowest BCUT2D eigenvalue weighted by atomic mass is 10.2. The zero-order valence-corrected chi connectivity index (χ0v) is 16.6. The van der Waals surface area contributed by atoms with Gasteiger partial charge in [-0.05, 0) is 24.3 Å². The fourth-order valence-corrected chi connectivity index (χ4v) is 3.33. The van der Waals surface area contributed by atoms with Crippen LogP contribution >= 0.6 is 0 Å². The van der Waals surface area contributed by atoms with Crippen molar-refractivity contribution < 1.29 is 18.7 Å². The molecule has 2 aromatic carbocycles. The summed E-state index contributed by atoms with van der Waals surface area (Å²) in [6.45, 7) is 2.53. The second-order valence-corrected chi connectivity index (χ2v) is 6.84. The molecule has 8 heteroatoms. The van der Waals surface area contributed by atoms with Crippen LogP contribution in [0.25, 0.3) is 0 Å². The topological polar surface area (TPSA) is 87.9 Å². The summed E-state index contributed by atoms with van der Waals surface area (Å²) in [5.41, 5.74) is 1.72. The van der Waals surface area contributed by atoms with Crippen molar-refractivity contribution in [2.45, 2.75) is 0 Å². The van der Waals surface area contributed by atoms with Gasteiger partial charge in [0.05, 0.1) is 7.11 Å². The summed E-state index contributed by atoms with van der Waals surface area (Å²) < 4.78 is 10.6. The molecule has 4 rings (SSSR count). The maximum Gasteiger partial charge on any atom is 0.302 e. The van der Waals surface area contributed by atoms with E-state index in [4.69, 9.17) is 9.15 Å². The molecular weight excluding hydrogens is 384 g/mol. The molecule has 1 saturated heterocycles. The lowest BCUT2D eigenvalue weighted by Gasteiger charge is -2.35. The Morgan fingerprint density at radius 1 is 1.03 bits per heavy atom. The van der Waals surface area contributed by atoms with E-state index in [2.05, 4.69) is 15.2 Å². The van der Waals surface area contributed by atoms with Gasteiger partial charge in [0.15, 0.2) is 5.69 Å². The van der Waals surface area contributed by atoms with Crippen molar-refractivity contribution in [2.24, 2.45) is 0 Å². The number of nitrogens with one attached hydrogen (secondary N) is 1. The van der Waals surface area contributed by atoms with Gasteiger partial charge in [0.25, 0.3) is 11.8 Å². The SMILES string of the molecule is COc1cccc(N2CCN(C(=O)c3coc(NC(=O)c4ccccc4)n3)CC2)c1. The van der Waals surface area contributed by atoms with Gasteiger partial charge < -0.3 is 19.0 Å². The maximum atomic E-state index is 12.8. The van der Waals surface area contributed by atoms with Crippen LogP contribution in [0.1, 0.15) is 20.8 Å². The molecule has 0 atom stereocenters. The second-order valence-electron chi connectivity index (χ2n) is 6.84. The molecule has 1 aliphatic heterocycles. The summed E-state index contributed by atoms with van der Waals surface area (Å²) in [6, 6.07) is 16.6. The van der Waals surface area contributed by atoms with Gasteiger partial charge in [0, 0.05) is 43.5 Å². The van der Waals surface area contributed by atoms with Gasteiger partial charge in [-0.15, -0.1) is 0 Å². The van der Waals surface area contributed by atoms with Crippen molar-refractivity contribution >= 4 is 23.5 Å². The smallest absolute Gasteiger partial charge is 0.302 e. The van der Waals surface area contributed by atoms with Crippen LogP contribution in [0.5, 0.6) is 5.75 Å². The van der Waals surface area contributed by atoms with Gasteiger partial charge in [0.1, 0.15) is 12.0 Å². The van der Waals surface area contributed by atoms with Gasteiger partial charge in [-0.1, -0.05) is 24.3 Å². The van der Waals surface area contributed by atoms with Gasteiger partial charge in [-0.3, -0.25) is 14.9 Å². The third-order valence-corrected chi connectivity index (χ3v) is 4.97.